The zero-order valence-electron chi connectivity index (χ0n) is 22.1. The molecule has 0 spiro atoms. The van der Waals surface area contributed by atoms with Gasteiger partial charge in [0.2, 0.25) is 0 Å². The third-order valence-electron chi connectivity index (χ3n) is 6.83. The monoisotopic (exact) mass is 485 g/mol. The molecule has 2 heteroatoms. The molecule has 0 aliphatic heterocycles. The predicted molar refractivity (Wildman–Crippen MR) is 154 cm³/mol. The first kappa shape index (κ1) is 30.7. The van der Waals surface area contributed by atoms with E-state index < -0.39 is 0 Å². The van der Waals surface area contributed by atoms with Crippen molar-refractivity contribution in [2.75, 3.05) is 6.54 Å². The van der Waals surface area contributed by atoms with Crippen LogP contribution < -0.4 is 0 Å². The first-order valence-electron chi connectivity index (χ1n) is 14.2. The summed E-state index contributed by atoms with van der Waals surface area (Å²) in [5.74, 6) is 0. The lowest BCUT2D eigenvalue weighted by atomic mass is 10.0. The highest BCUT2D eigenvalue weighted by Crippen LogP contribution is 2.15. The molecule has 2 rings (SSSR count). The van der Waals surface area contributed by atoms with E-state index in [1.807, 2.05) is 0 Å². The molecule has 0 amide bonds. The Morgan fingerprint density at radius 2 is 0.765 bits per heavy atom. The van der Waals surface area contributed by atoms with Gasteiger partial charge in [0.25, 0.3) is 0 Å². The van der Waals surface area contributed by atoms with Crippen molar-refractivity contribution in [3.63, 3.8) is 0 Å². The third-order valence-corrected chi connectivity index (χ3v) is 6.83. The highest BCUT2D eigenvalue weighted by atomic mass is 35.5. The van der Waals surface area contributed by atoms with E-state index in [9.17, 15) is 0 Å². The van der Waals surface area contributed by atoms with E-state index >= 15 is 0 Å². The number of unbranched alkanes of at least 4 members (excludes halogenated alkanes) is 15. The SMILES string of the molecule is CCCCCCCCCCCCCCCCCCN(Cc1ccccc1)Cc1ccccc1.Cl. The van der Waals surface area contributed by atoms with Gasteiger partial charge in [-0.3, -0.25) is 4.90 Å². The fourth-order valence-corrected chi connectivity index (χ4v) is 4.78. The van der Waals surface area contributed by atoms with Crippen LogP contribution in [0.15, 0.2) is 60.7 Å². The van der Waals surface area contributed by atoms with Gasteiger partial charge in [0.05, 0.1) is 0 Å². The Hall–Kier alpha value is -1.31. The number of halogens is 1. The molecule has 0 aliphatic rings. The van der Waals surface area contributed by atoms with Crippen LogP contribution in [0.1, 0.15) is 121 Å². The van der Waals surface area contributed by atoms with Crippen LogP contribution in [-0.4, -0.2) is 11.4 Å². The number of hydrogen-bond acceptors (Lipinski definition) is 1. The van der Waals surface area contributed by atoms with E-state index in [0.717, 1.165) is 13.1 Å². The van der Waals surface area contributed by atoms with Gasteiger partial charge in [-0.25, -0.2) is 0 Å². The van der Waals surface area contributed by atoms with Crippen molar-refractivity contribution in [2.45, 2.75) is 123 Å². The number of nitrogens with zero attached hydrogens (tertiary/aromatic N) is 1. The average Bonchev–Trinajstić information content (AvgIpc) is 2.85. The van der Waals surface area contributed by atoms with Gasteiger partial charge >= 0.3 is 0 Å². The van der Waals surface area contributed by atoms with Crippen LogP contribution in [0.2, 0.25) is 0 Å². The van der Waals surface area contributed by atoms with E-state index in [1.54, 1.807) is 0 Å². The highest BCUT2D eigenvalue weighted by Gasteiger charge is 2.07. The zero-order valence-corrected chi connectivity index (χ0v) is 22.9. The molecule has 0 N–H and O–H groups in total. The quantitative estimate of drug-likeness (QED) is 0.159. The lowest BCUT2D eigenvalue weighted by Crippen LogP contribution is -2.24. The van der Waals surface area contributed by atoms with E-state index in [2.05, 4.69) is 72.5 Å². The van der Waals surface area contributed by atoms with E-state index in [1.165, 1.54) is 120 Å². The second-order valence-electron chi connectivity index (χ2n) is 9.99. The molecule has 0 radical (unpaired) electrons. The van der Waals surface area contributed by atoms with Crippen LogP contribution in [0.4, 0.5) is 0 Å². The number of hydrogen-bond donors (Lipinski definition) is 0. The Balaban J connectivity index is 0.00000578. The maximum absolute atomic E-state index is 2.62. The lowest BCUT2D eigenvalue weighted by molar-refractivity contribution is 0.250. The fraction of sp³-hybridized carbons (Fsp3) is 0.625. The summed E-state index contributed by atoms with van der Waals surface area (Å²) >= 11 is 0. The van der Waals surface area contributed by atoms with Crippen LogP contribution in [0.5, 0.6) is 0 Å². The molecule has 0 bridgehead atoms. The summed E-state index contributed by atoms with van der Waals surface area (Å²) in [6.07, 6.45) is 22.9. The average molecular weight is 486 g/mol. The zero-order chi connectivity index (χ0) is 23.2. The Kier molecular flexibility index (Phi) is 20.0. The van der Waals surface area contributed by atoms with Gasteiger partial charge in [-0.1, -0.05) is 164 Å². The molecule has 0 aliphatic carbocycles. The second-order valence-corrected chi connectivity index (χ2v) is 9.99. The van der Waals surface area contributed by atoms with Gasteiger partial charge in [0, 0.05) is 13.1 Å². The molecule has 0 atom stereocenters. The minimum absolute atomic E-state index is 0. The third kappa shape index (κ3) is 16.3. The number of rotatable bonds is 21. The standard InChI is InChI=1S/C32H51N.ClH/c1-2-3-4-5-6-7-8-9-10-11-12-13-14-15-16-23-28-33(29-31-24-19-17-20-25-31)30-32-26-21-18-22-27-32;/h17-22,24-27H,2-16,23,28-30H2,1H3;1H. The second kappa shape index (κ2) is 22.2. The molecule has 0 saturated carbocycles. The molecular formula is C32H52ClN. The Labute approximate surface area is 218 Å². The van der Waals surface area contributed by atoms with Crippen molar-refractivity contribution < 1.29 is 0 Å². The fourth-order valence-electron chi connectivity index (χ4n) is 4.78. The van der Waals surface area contributed by atoms with Gasteiger partial charge in [0.15, 0.2) is 0 Å². The summed E-state index contributed by atoms with van der Waals surface area (Å²) < 4.78 is 0. The summed E-state index contributed by atoms with van der Waals surface area (Å²) in [5.41, 5.74) is 2.84. The maximum atomic E-state index is 2.62. The van der Waals surface area contributed by atoms with Gasteiger partial charge in [-0.15, -0.1) is 12.4 Å². The summed E-state index contributed by atoms with van der Waals surface area (Å²) in [5, 5.41) is 0. The molecule has 192 valence electrons. The van der Waals surface area contributed by atoms with E-state index in [4.69, 9.17) is 0 Å². The molecule has 0 saturated heterocycles. The summed E-state index contributed by atoms with van der Waals surface area (Å²) in [4.78, 5) is 2.62. The van der Waals surface area contributed by atoms with Gasteiger partial charge in [0.1, 0.15) is 0 Å². The summed E-state index contributed by atoms with van der Waals surface area (Å²) in [7, 11) is 0. The Bertz CT molecular complexity index is 616. The van der Waals surface area contributed by atoms with Gasteiger partial charge < -0.3 is 0 Å². The van der Waals surface area contributed by atoms with E-state index in [0.29, 0.717) is 0 Å². The normalized spacial score (nSPS) is 11.0. The lowest BCUT2D eigenvalue weighted by Gasteiger charge is -2.22. The molecule has 0 fully saturated rings. The summed E-state index contributed by atoms with van der Waals surface area (Å²) in [6.45, 7) is 5.60. The predicted octanol–water partition coefficient (Wildman–Crippen LogP) is 10.4. The minimum atomic E-state index is 0. The van der Waals surface area contributed by atoms with Crippen molar-refractivity contribution in [1.82, 2.24) is 4.90 Å². The molecule has 2 aromatic carbocycles. The van der Waals surface area contributed by atoms with Crippen molar-refractivity contribution >= 4 is 12.4 Å². The Morgan fingerprint density at radius 3 is 1.12 bits per heavy atom. The van der Waals surface area contributed by atoms with Gasteiger partial charge in [-0.2, -0.15) is 0 Å². The first-order chi connectivity index (χ1) is 16.4. The molecular weight excluding hydrogens is 434 g/mol. The van der Waals surface area contributed by atoms with Crippen LogP contribution in [0.3, 0.4) is 0 Å². The Morgan fingerprint density at radius 1 is 0.441 bits per heavy atom. The first-order valence-corrected chi connectivity index (χ1v) is 14.2. The molecule has 2 aromatic rings. The summed E-state index contributed by atoms with van der Waals surface area (Å²) in [6, 6.07) is 21.9. The van der Waals surface area contributed by atoms with Crippen LogP contribution in [-0.2, 0) is 13.1 Å². The smallest absolute Gasteiger partial charge is 0.0237 e. The van der Waals surface area contributed by atoms with Crippen molar-refractivity contribution in [3.8, 4) is 0 Å². The molecule has 34 heavy (non-hydrogen) atoms. The maximum Gasteiger partial charge on any atom is 0.0237 e. The van der Waals surface area contributed by atoms with Crippen LogP contribution in [0, 0.1) is 0 Å². The molecule has 1 nitrogen and oxygen atoms in total. The van der Waals surface area contributed by atoms with E-state index in [-0.39, 0.29) is 12.4 Å². The molecule has 0 unspecified atom stereocenters. The largest absolute Gasteiger partial charge is 0.295 e. The number of benzene rings is 2. The van der Waals surface area contributed by atoms with Crippen molar-refractivity contribution in [1.29, 1.82) is 0 Å². The van der Waals surface area contributed by atoms with Crippen LogP contribution in [0.25, 0.3) is 0 Å². The molecule has 0 heterocycles. The highest BCUT2D eigenvalue weighted by molar-refractivity contribution is 5.85. The topological polar surface area (TPSA) is 3.24 Å². The van der Waals surface area contributed by atoms with Crippen molar-refractivity contribution in [2.24, 2.45) is 0 Å². The van der Waals surface area contributed by atoms with Gasteiger partial charge in [-0.05, 0) is 24.1 Å². The van der Waals surface area contributed by atoms with Crippen LogP contribution >= 0.6 is 12.4 Å². The minimum Gasteiger partial charge on any atom is -0.295 e. The molecule has 0 aromatic heterocycles. The van der Waals surface area contributed by atoms with Crippen molar-refractivity contribution in [3.05, 3.63) is 71.8 Å².